The number of nitrogens with one attached hydrogen (secondary N) is 2. The Labute approximate surface area is 125 Å². The highest BCUT2D eigenvalue weighted by Crippen LogP contribution is 2.23. The molecule has 0 spiro atoms. The zero-order chi connectivity index (χ0) is 14.7. The van der Waals surface area contributed by atoms with Crippen molar-refractivity contribution in [2.75, 3.05) is 35.7 Å². The summed E-state index contributed by atoms with van der Waals surface area (Å²) in [7, 11) is 1.82. The van der Waals surface area contributed by atoms with Gasteiger partial charge in [0.15, 0.2) is 0 Å². The Kier molecular flexibility index (Phi) is 3.90. The number of anilines is 4. The molecule has 1 saturated heterocycles. The van der Waals surface area contributed by atoms with Gasteiger partial charge in [0.05, 0.1) is 0 Å². The van der Waals surface area contributed by atoms with Crippen LogP contribution in [0.2, 0.25) is 0 Å². The van der Waals surface area contributed by atoms with Gasteiger partial charge in [0.2, 0.25) is 5.95 Å². The molecule has 0 amide bonds. The van der Waals surface area contributed by atoms with Crippen LogP contribution >= 0.6 is 0 Å². The molecule has 0 saturated carbocycles. The molecule has 0 unspecified atom stereocenters. The normalized spacial score (nSPS) is 14.3. The van der Waals surface area contributed by atoms with E-state index in [1.165, 1.54) is 31.6 Å². The first kappa shape index (κ1) is 13.7. The van der Waals surface area contributed by atoms with E-state index in [2.05, 4.69) is 49.8 Å². The highest BCUT2D eigenvalue weighted by molar-refractivity contribution is 5.61. The molecule has 2 N–H and O–H groups in total. The van der Waals surface area contributed by atoms with Crippen molar-refractivity contribution >= 4 is 23.1 Å². The molecular formula is C16H21N5. The second kappa shape index (κ2) is 5.99. The van der Waals surface area contributed by atoms with E-state index < -0.39 is 0 Å². The Morgan fingerprint density at radius 2 is 1.76 bits per heavy atom. The second-order valence-corrected chi connectivity index (χ2v) is 5.33. The van der Waals surface area contributed by atoms with E-state index in [1.807, 2.05) is 20.0 Å². The van der Waals surface area contributed by atoms with Crippen molar-refractivity contribution in [3.63, 3.8) is 0 Å². The third-order valence-corrected chi connectivity index (χ3v) is 3.69. The van der Waals surface area contributed by atoms with Crippen molar-refractivity contribution in [1.82, 2.24) is 9.97 Å². The van der Waals surface area contributed by atoms with Crippen molar-refractivity contribution in [2.45, 2.75) is 19.8 Å². The average Bonchev–Trinajstić information content (AvgIpc) is 3.01. The van der Waals surface area contributed by atoms with Crippen molar-refractivity contribution in [1.29, 1.82) is 0 Å². The fourth-order valence-corrected chi connectivity index (χ4v) is 2.62. The van der Waals surface area contributed by atoms with E-state index in [1.54, 1.807) is 0 Å². The maximum Gasteiger partial charge on any atom is 0.224 e. The van der Waals surface area contributed by atoms with Crippen LogP contribution in [-0.2, 0) is 0 Å². The Hall–Kier alpha value is -2.30. The Morgan fingerprint density at radius 3 is 2.43 bits per heavy atom. The fraction of sp³-hybridized carbons (Fsp3) is 0.375. The molecule has 0 bridgehead atoms. The molecule has 21 heavy (non-hydrogen) atoms. The van der Waals surface area contributed by atoms with Gasteiger partial charge in [0.1, 0.15) is 5.82 Å². The summed E-state index contributed by atoms with van der Waals surface area (Å²) in [6, 6.07) is 10.5. The monoisotopic (exact) mass is 283 g/mol. The standard InChI is InChI=1S/C16H21N5/c1-12-11-15(20-16(17-2)18-12)19-13-5-7-14(8-6-13)21-9-3-4-10-21/h5-8,11H,3-4,9-10H2,1-2H3,(H2,17,18,19,20). The molecule has 0 atom stereocenters. The smallest absolute Gasteiger partial charge is 0.224 e. The van der Waals surface area contributed by atoms with E-state index in [-0.39, 0.29) is 0 Å². The summed E-state index contributed by atoms with van der Waals surface area (Å²) < 4.78 is 0. The maximum atomic E-state index is 4.40. The van der Waals surface area contributed by atoms with Crippen LogP contribution < -0.4 is 15.5 Å². The molecular weight excluding hydrogens is 262 g/mol. The van der Waals surface area contributed by atoms with Crippen molar-refractivity contribution in [2.24, 2.45) is 0 Å². The highest BCUT2D eigenvalue weighted by atomic mass is 15.1. The van der Waals surface area contributed by atoms with Crippen LogP contribution in [0.3, 0.4) is 0 Å². The van der Waals surface area contributed by atoms with Gasteiger partial charge in [-0.15, -0.1) is 0 Å². The zero-order valence-corrected chi connectivity index (χ0v) is 12.6. The Bertz CT molecular complexity index is 603. The van der Waals surface area contributed by atoms with Crippen molar-refractivity contribution in [3.05, 3.63) is 36.0 Å². The summed E-state index contributed by atoms with van der Waals surface area (Å²) in [5, 5.41) is 6.30. The number of aryl methyl sites for hydroxylation is 1. The number of hydrogen-bond acceptors (Lipinski definition) is 5. The molecule has 110 valence electrons. The van der Waals surface area contributed by atoms with E-state index in [9.17, 15) is 0 Å². The SMILES string of the molecule is CNc1nc(C)cc(Nc2ccc(N3CCCC3)cc2)n1. The molecule has 1 fully saturated rings. The minimum absolute atomic E-state index is 0.631. The van der Waals surface area contributed by atoms with Crippen LogP contribution in [0.4, 0.5) is 23.1 Å². The van der Waals surface area contributed by atoms with Crippen molar-refractivity contribution < 1.29 is 0 Å². The molecule has 3 rings (SSSR count). The predicted molar refractivity (Wildman–Crippen MR) is 87.5 cm³/mol. The van der Waals surface area contributed by atoms with Gasteiger partial charge in [-0.05, 0) is 44.0 Å². The van der Waals surface area contributed by atoms with Gasteiger partial charge < -0.3 is 15.5 Å². The van der Waals surface area contributed by atoms with Gasteiger partial charge >= 0.3 is 0 Å². The largest absolute Gasteiger partial charge is 0.372 e. The molecule has 0 aliphatic carbocycles. The fourth-order valence-electron chi connectivity index (χ4n) is 2.62. The van der Waals surface area contributed by atoms with Crippen LogP contribution in [0, 0.1) is 6.92 Å². The number of nitrogens with zero attached hydrogens (tertiary/aromatic N) is 3. The minimum atomic E-state index is 0.631. The molecule has 1 aromatic heterocycles. The zero-order valence-electron chi connectivity index (χ0n) is 12.6. The van der Waals surface area contributed by atoms with Gasteiger partial charge in [-0.1, -0.05) is 0 Å². The number of rotatable bonds is 4. The summed E-state index contributed by atoms with van der Waals surface area (Å²) in [4.78, 5) is 11.1. The second-order valence-electron chi connectivity index (χ2n) is 5.33. The average molecular weight is 283 g/mol. The van der Waals surface area contributed by atoms with Gasteiger partial charge in [-0.2, -0.15) is 4.98 Å². The van der Waals surface area contributed by atoms with E-state index in [4.69, 9.17) is 0 Å². The molecule has 1 aliphatic rings. The Morgan fingerprint density at radius 1 is 1.05 bits per heavy atom. The lowest BCUT2D eigenvalue weighted by molar-refractivity contribution is 0.949. The van der Waals surface area contributed by atoms with Crippen LogP contribution in [0.5, 0.6) is 0 Å². The topological polar surface area (TPSA) is 53.1 Å². The summed E-state index contributed by atoms with van der Waals surface area (Å²) >= 11 is 0. The minimum Gasteiger partial charge on any atom is -0.372 e. The quantitative estimate of drug-likeness (QED) is 0.902. The summed E-state index contributed by atoms with van der Waals surface area (Å²) in [6.07, 6.45) is 2.60. The summed E-state index contributed by atoms with van der Waals surface area (Å²) in [6.45, 7) is 4.30. The molecule has 1 aliphatic heterocycles. The third-order valence-electron chi connectivity index (χ3n) is 3.69. The first-order valence-electron chi connectivity index (χ1n) is 7.40. The number of benzene rings is 1. The van der Waals surface area contributed by atoms with Gasteiger partial charge in [0.25, 0.3) is 0 Å². The van der Waals surface area contributed by atoms with Crippen LogP contribution in [0.1, 0.15) is 18.5 Å². The number of aromatic nitrogens is 2. The molecule has 2 aromatic rings. The molecule has 5 heteroatoms. The van der Waals surface area contributed by atoms with Crippen molar-refractivity contribution in [3.8, 4) is 0 Å². The summed E-state index contributed by atoms with van der Waals surface area (Å²) in [5.74, 6) is 1.44. The lowest BCUT2D eigenvalue weighted by Gasteiger charge is -2.18. The van der Waals surface area contributed by atoms with Crippen LogP contribution in [-0.4, -0.2) is 30.1 Å². The highest BCUT2D eigenvalue weighted by Gasteiger charge is 2.11. The van der Waals surface area contributed by atoms with Gasteiger partial charge in [0, 0.05) is 43.3 Å². The van der Waals surface area contributed by atoms with E-state index in [0.29, 0.717) is 5.95 Å². The van der Waals surface area contributed by atoms with Crippen LogP contribution in [0.15, 0.2) is 30.3 Å². The lowest BCUT2D eigenvalue weighted by Crippen LogP contribution is -2.17. The van der Waals surface area contributed by atoms with Gasteiger partial charge in [-0.3, -0.25) is 0 Å². The number of hydrogen-bond donors (Lipinski definition) is 2. The van der Waals surface area contributed by atoms with E-state index in [0.717, 1.165) is 17.2 Å². The van der Waals surface area contributed by atoms with Crippen LogP contribution in [0.25, 0.3) is 0 Å². The predicted octanol–water partition coefficient (Wildman–Crippen LogP) is 3.17. The molecule has 2 heterocycles. The first-order valence-corrected chi connectivity index (χ1v) is 7.40. The van der Waals surface area contributed by atoms with Gasteiger partial charge in [-0.25, -0.2) is 4.98 Å². The maximum absolute atomic E-state index is 4.40. The lowest BCUT2D eigenvalue weighted by atomic mass is 10.2. The first-order chi connectivity index (χ1) is 10.2. The Balaban J connectivity index is 1.74. The molecule has 1 aromatic carbocycles. The molecule has 0 radical (unpaired) electrons. The van der Waals surface area contributed by atoms with E-state index >= 15 is 0 Å². The molecule has 5 nitrogen and oxygen atoms in total. The summed E-state index contributed by atoms with van der Waals surface area (Å²) in [5.41, 5.74) is 3.27. The third kappa shape index (κ3) is 3.24.